The first kappa shape index (κ1) is 15.0. The van der Waals surface area contributed by atoms with E-state index < -0.39 is 11.5 Å². The van der Waals surface area contributed by atoms with Crippen molar-refractivity contribution in [2.45, 2.75) is 18.4 Å². The summed E-state index contributed by atoms with van der Waals surface area (Å²) in [6.45, 7) is 0.864. The van der Waals surface area contributed by atoms with Crippen LogP contribution in [-0.4, -0.2) is 40.9 Å². The van der Waals surface area contributed by atoms with E-state index in [1.165, 1.54) is 12.1 Å². The highest BCUT2D eigenvalue weighted by Gasteiger charge is 2.39. The van der Waals surface area contributed by atoms with E-state index in [1.807, 2.05) is 17.8 Å². The van der Waals surface area contributed by atoms with Crippen LogP contribution in [0.25, 0.3) is 10.9 Å². The topological polar surface area (TPSA) is 63.5 Å². The van der Waals surface area contributed by atoms with Gasteiger partial charge in [-0.2, -0.15) is 0 Å². The molecule has 1 fully saturated rings. The van der Waals surface area contributed by atoms with Gasteiger partial charge in [-0.05, 0) is 30.2 Å². The maximum Gasteiger partial charge on any atom is 0.254 e. The number of halogens is 1. The first-order chi connectivity index (χ1) is 10.5. The number of aryl methyl sites for hydroxylation is 1. The lowest BCUT2D eigenvalue weighted by atomic mass is 10.0. The third-order valence-electron chi connectivity index (χ3n) is 4.14. The number of hydrogen-bond donors (Lipinski definition) is 2. The Bertz CT molecular complexity index is 705. The SMILES string of the molecule is Cn1cc(CCNC(=O)C2(O)CCOC2)c2ccc(F)cc21. The molecule has 3 rings (SSSR count). The first-order valence-electron chi connectivity index (χ1n) is 7.31. The van der Waals surface area contributed by atoms with Crippen LogP contribution in [0.2, 0.25) is 0 Å². The van der Waals surface area contributed by atoms with Crippen LogP contribution < -0.4 is 5.32 Å². The lowest BCUT2D eigenvalue weighted by molar-refractivity contribution is -0.139. The molecule has 2 N–H and O–H groups in total. The molecule has 0 radical (unpaired) electrons. The van der Waals surface area contributed by atoms with Crippen LogP contribution in [0.1, 0.15) is 12.0 Å². The predicted octanol–water partition coefficient (Wildman–Crippen LogP) is 1.13. The van der Waals surface area contributed by atoms with E-state index in [2.05, 4.69) is 5.32 Å². The first-order valence-corrected chi connectivity index (χ1v) is 7.31. The summed E-state index contributed by atoms with van der Waals surface area (Å²) in [5, 5.41) is 13.8. The van der Waals surface area contributed by atoms with Gasteiger partial charge < -0.3 is 19.7 Å². The molecule has 0 aliphatic carbocycles. The number of ether oxygens (including phenoxy) is 1. The van der Waals surface area contributed by atoms with Gasteiger partial charge in [-0.1, -0.05) is 0 Å². The number of hydrogen-bond acceptors (Lipinski definition) is 3. The highest BCUT2D eigenvalue weighted by Crippen LogP contribution is 2.22. The minimum absolute atomic E-state index is 0.0480. The van der Waals surface area contributed by atoms with E-state index in [4.69, 9.17) is 4.74 Å². The molecule has 1 unspecified atom stereocenters. The largest absolute Gasteiger partial charge is 0.378 e. The Labute approximate surface area is 127 Å². The van der Waals surface area contributed by atoms with Crippen LogP contribution in [0.5, 0.6) is 0 Å². The molecule has 1 atom stereocenters. The molecule has 22 heavy (non-hydrogen) atoms. The average Bonchev–Trinajstić information content (AvgIpc) is 3.05. The van der Waals surface area contributed by atoms with Gasteiger partial charge >= 0.3 is 0 Å². The summed E-state index contributed by atoms with van der Waals surface area (Å²) in [4.78, 5) is 12.0. The lowest BCUT2D eigenvalue weighted by Gasteiger charge is -2.19. The number of rotatable bonds is 4. The number of aliphatic hydroxyl groups is 1. The zero-order valence-corrected chi connectivity index (χ0v) is 12.4. The number of carbonyl (C=O) groups is 1. The number of aromatic nitrogens is 1. The summed E-state index contributed by atoms with van der Waals surface area (Å²) < 4.78 is 20.2. The molecule has 0 bridgehead atoms. The summed E-state index contributed by atoms with van der Waals surface area (Å²) in [6, 6.07) is 4.68. The van der Waals surface area contributed by atoms with Gasteiger partial charge in [0.2, 0.25) is 0 Å². The summed E-state index contributed by atoms with van der Waals surface area (Å²) in [7, 11) is 1.86. The monoisotopic (exact) mass is 306 g/mol. The fourth-order valence-electron chi connectivity index (χ4n) is 2.85. The Morgan fingerprint density at radius 1 is 1.55 bits per heavy atom. The Balaban J connectivity index is 1.66. The average molecular weight is 306 g/mol. The number of fused-ring (bicyclic) bond motifs is 1. The molecule has 2 aromatic rings. The smallest absolute Gasteiger partial charge is 0.254 e. The van der Waals surface area contributed by atoms with Gasteiger partial charge in [0.15, 0.2) is 5.60 Å². The third-order valence-corrected chi connectivity index (χ3v) is 4.14. The van der Waals surface area contributed by atoms with Crippen molar-refractivity contribution in [2.24, 2.45) is 7.05 Å². The van der Waals surface area contributed by atoms with E-state index in [1.54, 1.807) is 6.07 Å². The Hall–Kier alpha value is -1.92. The van der Waals surface area contributed by atoms with Gasteiger partial charge in [-0.25, -0.2) is 4.39 Å². The fourth-order valence-corrected chi connectivity index (χ4v) is 2.85. The molecule has 2 heterocycles. The van der Waals surface area contributed by atoms with Crippen molar-refractivity contribution in [3.63, 3.8) is 0 Å². The molecular weight excluding hydrogens is 287 g/mol. The Morgan fingerprint density at radius 3 is 3.09 bits per heavy atom. The van der Waals surface area contributed by atoms with Gasteiger partial charge in [0.05, 0.1) is 18.7 Å². The van der Waals surface area contributed by atoms with Crippen molar-refractivity contribution in [1.29, 1.82) is 0 Å². The van der Waals surface area contributed by atoms with Gasteiger partial charge in [-0.15, -0.1) is 0 Å². The molecule has 118 valence electrons. The van der Waals surface area contributed by atoms with Crippen LogP contribution in [0, 0.1) is 5.82 Å². The molecule has 6 heteroatoms. The third kappa shape index (κ3) is 2.71. The summed E-state index contributed by atoms with van der Waals surface area (Å²) in [6.07, 6.45) is 2.88. The minimum atomic E-state index is -1.40. The van der Waals surface area contributed by atoms with Crippen molar-refractivity contribution in [3.8, 4) is 0 Å². The van der Waals surface area contributed by atoms with Crippen molar-refractivity contribution in [1.82, 2.24) is 9.88 Å². The van der Waals surface area contributed by atoms with Crippen LogP contribution in [0.3, 0.4) is 0 Å². The fraction of sp³-hybridized carbons (Fsp3) is 0.438. The predicted molar refractivity (Wildman–Crippen MR) is 80.0 cm³/mol. The van der Waals surface area contributed by atoms with Gasteiger partial charge in [-0.3, -0.25) is 4.79 Å². The zero-order valence-electron chi connectivity index (χ0n) is 12.4. The molecule has 1 saturated heterocycles. The van der Waals surface area contributed by atoms with Gasteiger partial charge in [0, 0.05) is 31.6 Å². The normalized spacial score (nSPS) is 21.4. The van der Waals surface area contributed by atoms with Crippen molar-refractivity contribution in [3.05, 3.63) is 35.8 Å². The second-order valence-electron chi connectivity index (χ2n) is 5.77. The Kier molecular flexibility index (Phi) is 3.88. The van der Waals surface area contributed by atoms with E-state index in [0.29, 0.717) is 26.0 Å². The van der Waals surface area contributed by atoms with Gasteiger partial charge in [0.1, 0.15) is 5.82 Å². The summed E-state index contributed by atoms with van der Waals surface area (Å²) >= 11 is 0. The number of carbonyl (C=O) groups excluding carboxylic acids is 1. The number of nitrogens with one attached hydrogen (secondary N) is 1. The van der Waals surface area contributed by atoms with Crippen molar-refractivity contribution in [2.75, 3.05) is 19.8 Å². The summed E-state index contributed by atoms with van der Waals surface area (Å²) in [5.41, 5.74) is 0.457. The maximum absolute atomic E-state index is 13.3. The van der Waals surface area contributed by atoms with Crippen LogP contribution in [-0.2, 0) is 23.0 Å². The second kappa shape index (κ2) is 5.70. The van der Waals surface area contributed by atoms with Crippen LogP contribution in [0.4, 0.5) is 4.39 Å². The van der Waals surface area contributed by atoms with Crippen LogP contribution >= 0.6 is 0 Å². The lowest BCUT2D eigenvalue weighted by Crippen LogP contribution is -2.47. The van der Waals surface area contributed by atoms with Crippen LogP contribution in [0.15, 0.2) is 24.4 Å². The van der Waals surface area contributed by atoms with Crippen molar-refractivity contribution < 1.29 is 19.0 Å². The maximum atomic E-state index is 13.3. The molecule has 0 saturated carbocycles. The molecule has 1 aliphatic heterocycles. The molecule has 1 aromatic heterocycles. The van der Waals surface area contributed by atoms with E-state index >= 15 is 0 Å². The molecule has 1 aliphatic rings. The molecule has 5 nitrogen and oxygen atoms in total. The summed E-state index contributed by atoms with van der Waals surface area (Å²) in [5.74, 6) is -0.659. The van der Waals surface area contributed by atoms with E-state index in [9.17, 15) is 14.3 Å². The minimum Gasteiger partial charge on any atom is -0.378 e. The molecular formula is C16H19FN2O3. The molecule has 1 aromatic carbocycles. The quantitative estimate of drug-likeness (QED) is 0.890. The number of nitrogens with zero attached hydrogens (tertiary/aromatic N) is 1. The van der Waals surface area contributed by atoms with E-state index in [0.717, 1.165) is 16.5 Å². The molecule has 0 spiro atoms. The van der Waals surface area contributed by atoms with Gasteiger partial charge in [0.25, 0.3) is 5.91 Å². The highest BCUT2D eigenvalue weighted by molar-refractivity contribution is 5.86. The van der Waals surface area contributed by atoms with Crippen molar-refractivity contribution >= 4 is 16.8 Å². The number of amides is 1. The number of benzene rings is 1. The standard InChI is InChI=1S/C16H19FN2O3/c1-19-9-11(13-3-2-12(17)8-14(13)19)4-6-18-15(20)16(21)5-7-22-10-16/h2-3,8-9,21H,4-7,10H2,1H3,(H,18,20). The van der Waals surface area contributed by atoms with E-state index in [-0.39, 0.29) is 12.4 Å². The second-order valence-corrected chi connectivity index (χ2v) is 5.77. The highest BCUT2D eigenvalue weighted by atomic mass is 19.1. The Morgan fingerprint density at radius 2 is 2.36 bits per heavy atom. The molecule has 1 amide bonds. The zero-order chi connectivity index (χ0) is 15.7.